The molecule has 0 radical (unpaired) electrons. The molecule has 5 aromatic rings. The maximum Gasteiger partial charge on any atom is 0.417 e. The largest absolute Gasteiger partial charge is 0.417 e. The molecule has 9 heteroatoms. The summed E-state index contributed by atoms with van der Waals surface area (Å²) in [5.41, 5.74) is 3.35. The number of amides is 2. The second kappa shape index (κ2) is 8.53. The van der Waals surface area contributed by atoms with Gasteiger partial charge in [0.1, 0.15) is 6.33 Å². The second-order valence-corrected chi connectivity index (χ2v) is 9.09. The van der Waals surface area contributed by atoms with Crippen molar-refractivity contribution in [2.24, 2.45) is 0 Å². The van der Waals surface area contributed by atoms with Gasteiger partial charge in [0.25, 0.3) is 5.91 Å². The highest BCUT2D eigenvalue weighted by atomic mass is 16.4. The Morgan fingerprint density at radius 2 is 1.75 bits per heavy atom. The van der Waals surface area contributed by atoms with Crippen LogP contribution in [0.4, 0.5) is 11.4 Å². The molecule has 180 valence electrons. The second-order valence-electron chi connectivity index (χ2n) is 9.09. The zero-order valence-electron chi connectivity index (χ0n) is 19.3. The molecule has 2 aromatic carbocycles. The summed E-state index contributed by atoms with van der Waals surface area (Å²) in [7, 11) is 0. The van der Waals surface area contributed by atoms with Crippen molar-refractivity contribution in [3.8, 4) is 0 Å². The Morgan fingerprint density at radius 1 is 0.972 bits per heavy atom. The Labute approximate surface area is 205 Å². The predicted octanol–water partition coefficient (Wildman–Crippen LogP) is 4.47. The number of oxazole rings is 1. The molecule has 0 unspecified atom stereocenters. The first-order valence-corrected chi connectivity index (χ1v) is 11.8. The van der Waals surface area contributed by atoms with Crippen LogP contribution in [0, 0.1) is 0 Å². The topological polar surface area (TPSA) is 122 Å². The quantitative estimate of drug-likeness (QED) is 0.342. The summed E-state index contributed by atoms with van der Waals surface area (Å²) < 4.78 is 6.76. The standard InChI is InChI=1S/C27H23N5O4/c33-24(29-18-8-10-20-22(14-18)36-26(35)31-20)23-21-11-9-19(15-32(21)16-28-23)30-25(34)27(12-4-5-13-27)17-6-2-1-3-7-17/h1-3,6-11,14-16H,4-5,12-13H2,(H,29,33)(H,30,34)(H,31,35). The summed E-state index contributed by atoms with van der Waals surface area (Å²) in [4.78, 5) is 44.6. The Kier molecular flexibility index (Phi) is 5.18. The van der Waals surface area contributed by atoms with Crippen LogP contribution in [0.1, 0.15) is 41.7 Å². The third-order valence-corrected chi connectivity index (χ3v) is 6.90. The number of anilines is 2. The maximum atomic E-state index is 13.5. The number of nitrogens with zero attached hydrogens (tertiary/aromatic N) is 2. The Morgan fingerprint density at radius 3 is 2.56 bits per heavy atom. The van der Waals surface area contributed by atoms with Gasteiger partial charge in [-0.25, -0.2) is 9.78 Å². The fraction of sp³-hybridized carbons (Fsp3) is 0.185. The van der Waals surface area contributed by atoms with E-state index in [9.17, 15) is 14.4 Å². The Balaban J connectivity index is 1.23. The number of carbonyl (C=O) groups excluding carboxylic acids is 2. The summed E-state index contributed by atoms with van der Waals surface area (Å²) in [6, 6.07) is 18.4. The number of fused-ring (bicyclic) bond motifs is 2. The van der Waals surface area contributed by atoms with E-state index in [0.29, 0.717) is 28.0 Å². The highest BCUT2D eigenvalue weighted by Crippen LogP contribution is 2.42. The van der Waals surface area contributed by atoms with Crippen LogP contribution in [0.3, 0.4) is 0 Å². The molecule has 0 atom stereocenters. The van der Waals surface area contributed by atoms with E-state index in [-0.39, 0.29) is 11.6 Å². The van der Waals surface area contributed by atoms with Gasteiger partial charge in [0, 0.05) is 18.0 Å². The minimum atomic E-state index is -0.556. The summed E-state index contributed by atoms with van der Waals surface area (Å²) in [6.45, 7) is 0. The van der Waals surface area contributed by atoms with Crippen molar-refractivity contribution in [2.45, 2.75) is 31.1 Å². The lowest BCUT2D eigenvalue weighted by atomic mass is 9.78. The smallest absolute Gasteiger partial charge is 0.408 e. The van der Waals surface area contributed by atoms with E-state index in [0.717, 1.165) is 31.2 Å². The van der Waals surface area contributed by atoms with E-state index < -0.39 is 17.1 Å². The maximum absolute atomic E-state index is 13.5. The molecule has 36 heavy (non-hydrogen) atoms. The average Bonchev–Trinajstić information content (AvgIpc) is 3.62. The lowest BCUT2D eigenvalue weighted by Crippen LogP contribution is -2.38. The normalized spacial score (nSPS) is 14.8. The fourth-order valence-corrected chi connectivity index (χ4v) is 5.10. The van der Waals surface area contributed by atoms with E-state index in [1.807, 2.05) is 30.3 Å². The number of benzene rings is 2. The Hall–Kier alpha value is -4.66. The van der Waals surface area contributed by atoms with Crippen molar-refractivity contribution in [3.63, 3.8) is 0 Å². The number of carbonyl (C=O) groups is 2. The first kappa shape index (κ1) is 21.8. The molecule has 1 aliphatic rings. The van der Waals surface area contributed by atoms with Crippen LogP contribution < -0.4 is 16.4 Å². The molecule has 0 saturated heterocycles. The number of pyridine rings is 1. The third-order valence-electron chi connectivity index (χ3n) is 6.90. The molecule has 2 amide bonds. The number of hydrogen-bond acceptors (Lipinski definition) is 5. The summed E-state index contributed by atoms with van der Waals surface area (Å²) >= 11 is 0. The van der Waals surface area contributed by atoms with Gasteiger partial charge < -0.3 is 19.5 Å². The van der Waals surface area contributed by atoms with Crippen molar-refractivity contribution in [3.05, 3.63) is 95.0 Å². The monoisotopic (exact) mass is 481 g/mol. The van der Waals surface area contributed by atoms with E-state index in [1.165, 1.54) is 6.33 Å². The van der Waals surface area contributed by atoms with Crippen molar-refractivity contribution in [1.29, 1.82) is 0 Å². The van der Waals surface area contributed by atoms with Crippen LogP contribution >= 0.6 is 0 Å². The molecule has 9 nitrogen and oxygen atoms in total. The molecular formula is C27H23N5O4. The van der Waals surface area contributed by atoms with Crippen LogP contribution in [0.2, 0.25) is 0 Å². The minimum Gasteiger partial charge on any atom is -0.408 e. The van der Waals surface area contributed by atoms with Crippen molar-refractivity contribution in [1.82, 2.24) is 14.4 Å². The minimum absolute atomic E-state index is 0.0181. The molecule has 0 bridgehead atoms. The molecule has 0 aliphatic heterocycles. The zero-order chi connectivity index (χ0) is 24.7. The van der Waals surface area contributed by atoms with Gasteiger partial charge in [0.15, 0.2) is 11.3 Å². The number of rotatable bonds is 5. The van der Waals surface area contributed by atoms with Gasteiger partial charge in [-0.3, -0.25) is 14.6 Å². The van der Waals surface area contributed by atoms with Gasteiger partial charge in [0.2, 0.25) is 5.91 Å². The van der Waals surface area contributed by atoms with Gasteiger partial charge in [-0.1, -0.05) is 43.2 Å². The lowest BCUT2D eigenvalue weighted by molar-refractivity contribution is -0.121. The van der Waals surface area contributed by atoms with Crippen molar-refractivity contribution < 1.29 is 14.0 Å². The molecule has 1 fully saturated rings. The van der Waals surface area contributed by atoms with Crippen LogP contribution in [0.5, 0.6) is 0 Å². The predicted molar refractivity (Wildman–Crippen MR) is 135 cm³/mol. The summed E-state index contributed by atoms with van der Waals surface area (Å²) in [6.07, 6.45) is 6.97. The molecule has 3 aromatic heterocycles. The van der Waals surface area contributed by atoms with Crippen LogP contribution in [-0.2, 0) is 10.2 Å². The molecular weight excluding hydrogens is 458 g/mol. The van der Waals surface area contributed by atoms with Gasteiger partial charge >= 0.3 is 5.76 Å². The van der Waals surface area contributed by atoms with Crippen molar-refractivity contribution in [2.75, 3.05) is 10.6 Å². The number of aromatic nitrogens is 3. The molecule has 3 heterocycles. The molecule has 1 saturated carbocycles. The number of nitrogens with one attached hydrogen (secondary N) is 3. The zero-order valence-corrected chi connectivity index (χ0v) is 19.3. The highest BCUT2D eigenvalue weighted by Gasteiger charge is 2.42. The SMILES string of the molecule is O=C(Nc1ccc2[nH]c(=O)oc2c1)c1ncn2cc(NC(=O)C3(c4ccccc4)CCCC3)ccc12. The van der Waals surface area contributed by atoms with Crippen molar-refractivity contribution >= 4 is 39.8 Å². The summed E-state index contributed by atoms with van der Waals surface area (Å²) in [5, 5.41) is 5.87. The average molecular weight is 482 g/mol. The summed E-state index contributed by atoms with van der Waals surface area (Å²) in [5.74, 6) is -0.977. The molecule has 3 N–H and O–H groups in total. The number of aromatic amines is 1. The number of H-pyrrole nitrogens is 1. The van der Waals surface area contributed by atoms with Crippen LogP contribution in [0.25, 0.3) is 16.6 Å². The van der Waals surface area contributed by atoms with Gasteiger partial charge in [-0.2, -0.15) is 0 Å². The highest BCUT2D eigenvalue weighted by molar-refractivity contribution is 6.08. The van der Waals surface area contributed by atoms with E-state index >= 15 is 0 Å². The van der Waals surface area contributed by atoms with Gasteiger partial charge in [0.05, 0.1) is 22.1 Å². The lowest BCUT2D eigenvalue weighted by Gasteiger charge is -2.28. The molecule has 0 spiro atoms. The first-order chi connectivity index (χ1) is 17.5. The van der Waals surface area contributed by atoms with E-state index in [1.54, 1.807) is 40.9 Å². The Bertz CT molecular complexity index is 1660. The number of hydrogen-bond donors (Lipinski definition) is 3. The number of imidazole rings is 1. The van der Waals surface area contributed by atoms with Gasteiger partial charge in [-0.05, 0) is 42.7 Å². The van der Waals surface area contributed by atoms with E-state index in [4.69, 9.17) is 4.42 Å². The van der Waals surface area contributed by atoms with Crippen LogP contribution in [0.15, 0.2) is 82.4 Å². The first-order valence-electron chi connectivity index (χ1n) is 11.8. The third kappa shape index (κ3) is 3.74. The molecule has 1 aliphatic carbocycles. The fourth-order valence-electron chi connectivity index (χ4n) is 5.10. The van der Waals surface area contributed by atoms with Crippen LogP contribution in [-0.4, -0.2) is 26.2 Å². The van der Waals surface area contributed by atoms with Gasteiger partial charge in [-0.15, -0.1) is 0 Å². The van der Waals surface area contributed by atoms with E-state index in [2.05, 4.69) is 20.6 Å². The molecule has 6 rings (SSSR count).